The minimum atomic E-state index is 0.523. The molecule has 0 aliphatic heterocycles. The van der Waals surface area contributed by atoms with Crippen molar-refractivity contribution in [2.45, 2.75) is 65.5 Å². The molecule has 1 rings (SSSR count). The standard InChI is InChI=1S/C14H29NO/c1-5-16-10-14(11(2)3)15-13-8-6-7-12(4)9-13/h11-15H,5-10H2,1-4H3. The van der Waals surface area contributed by atoms with Crippen LogP contribution in [0.25, 0.3) is 0 Å². The number of rotatable bonds is 6. The third kappa shape index (κ3) is 4.84. The van der Waals surface area contributed by atoms with Crippen molar-refractivity contribution in [1.29, 1.82) is 0 Å². The second-order valence-corrected chi connectivity index (χ2v) is 5.65. The van der Waals surface area contributed by atoms with E-state index in [-0.39, 0.29) is 0 Å². The summed E-state index contributed by atoms with van der Waals surface area (Å²) in [7, 11) is 0. The van der Waals surface area contributed by atoms with Gasteiger partial charge in [0.25, 0.3) is 0 Å². The van der Waals surface area contributed by atoms with E-state index in [1.165, 1.54) is 25.7 Å². The first-order valence-electron chi connectivity index (χ1n) is 6.97. The maximum absolute atomic E-state index is 5.56. The molecule has 0 radical (unpaired) electrons. The molecule has 0 aromatic carbocycles. The van der Waals surface area contributed by atoms with Gasteiger partial charge in [0.1, 0.15) is 0 Å². The van der Waals surface area contributed by atoms with Crippen LogP contribution in [0.15, 0.2) is 0 Å². The van der Waals surface area contributed by atoms with Gasteiger partial charge in [0, 0.05) is 18.7 Å². The van der Waals surface area contributed by atoms with Gasteiger partial charge in [0.2, 0.25) is 0 Å². The van der Waals surface area contributed by atoms with Gasteiger partial charge in [-0.2, -0.15) is 0 Å². The molecule has 96 valence electrons. The predicted molar refractivity (Wildman–Crippen MR) is 69.7 cm³/mol. The van der Waals surface area contributed by atoms with Crippen LogP contribution in [-0.4, -0.2) is 25.3 Å². The average molecular weight is 227 g/mol. The number of ether oxygens (including phenoxy) is 1. The lowest BCUT2D eigenvalue weighted by molar-refractivity contribution is 0.0981. The van der Waals surface area contributed by atoms with Crippen molar-refractivity contribution in [3.05, 3.63) is 0 Å². The molecular formula is C14H29NO. The lowest BCUT2D eigenvalue weighted by Crippen LogP contribution is -2.46. The van der Waals surface area contributed by atoms with Gasteiger partial charge in [-0.1, -0.05) is 33.6 Å². The summed E-state index contributed by atoms with van der Waals surface area (Å²) in [5.74, 6) is 1.55. The Morgan fingerprint density at radius 1 is 1.31 bits per heavy atom. The van der Waals surface area contributed by atoms with Crippen molar-refractivity contribution in [3.63, 3.8) is 0 Å². The van der Waals surface area contributed by atoms with Gasteiger partial charge in [-0.25, -0.2) is 0 Å². The summed E-state index contributed by atoms with van der Waals surface area (Å²) in [6.07, 6.45) is 5.49. The van der Waals surface area contributed by atoms with Gasteiger partial charge < -0.3 is 10.1 Å². The molecule has 0 saturated heterocycles. The van der Waals surface area contributed by atoms with Crippen LogP contribution in [-0.2, 0) is 4.74 Å². The Bertz CT molecular complexity index is 182. The Kier molecular flexibility index (Phi) is 6.37. The fourth-order valence-electron chi connectivity index (χ4n) is 2.57. The van der Waals surface area contributed by atoms with Gasteiger partial charge >= 0.3 is 0 Å². The maximum atomic E-state index is 5.56. The summed E-state index contributed by atoms with van der Waals surface area (Å²) in [4.78, 5) is 0. The molecule has 1 aliphatic rings. The number of hydrogen-bond donors (Lipinski definition) is 1. The second-order valence-electron chi connectivity index (χ2n) is 5.65. The monoisotopic (exact) mass is 227 g/mol. The zero-order valence-electron chi connectivity index (χ0n) is 11.5. The van der Waals surface area contributed by atoms with Gasteiger partial charge in [-0.3, -0.25) is 0 Å². The summed E-state index contributed by atoms with van der Waals surface area (Å²) in [6, 6.07) is 1.24. The normalized spacial score (nSPS) is 28.3. The first-order valence-corrected chi connectivity index (χ1v) is 6.97. The summed E-state index contributed by atoms with van der Waals surface area (Å²) in [5.41, 5.74) is 0. The average Bonchev–Trinajstić information content (AvgIpc) is 2.24. The van der Waals surface area contributed by atoms with Crippen LogP contribution in [0.5, 0.6) is 0 Å². The molecule has 0 amide bonds. The van der Waals surface area contributed by atoms with E-state index in [2.05, 4.69) is 33.0 Å². The molecule has 1 fully saturated rings. The largest absolute Gasteiger partial charge is 0.380 e. The van der Waals surface area contributed by atoms with E-state index in [0.717, 1.165) is 25.2 Å². The van der Waals surface area contributed by atoms with Crippen molar-refractivity contribution in [2.24, 2.45) is 11.8 Å². The highest BCUT2D eigenvalue weighted by Crippen LogP contribution is 2.24. The predicted octanol–water partition coefficient (Wildman–Crippen LogP) is 3.22. The van der Waals surface area contributed by atoms with Gasteiger partial charge in [-0.05, 0) is 31.6 Å². The van der Waals surface area contributed by atoms with Crippen LogP contribution >= 0.6 is 0 Å². The number of nitrogens with one attached hydrogen (secondary N) is 1. The maximum Gasteiger partial charge on any atom is 0.0622 e. The molecule has 1 saturated carbocycles. The topological polar surface area (TPSA) is 21.3 Å². The molecule has 2 heteroatoms. The highest BCUT2D eigenvalue weighted by Gasteiger charge is 2.22. The molecule has 1 aliphatic carbocycles. The van der Waals surface area contributed by atoms with Crippen LogP contribution in [0, 0.1) is 11.8 Å². The fraction of sp³-hybridized carbons (Fsp3) is 1.00. The van der Waals surface area contributed by atoms with E-state index in [9.17, 15) is 0 Å². The summed E-state index contributed by atoms with van der Waals surface area (Å²) >= 11 is 0. The molecule has 0 heterocycles. The van der Waals surface area contributed by atoms with E-state index in [4.69, 9.17) is 4.74 Å². The summed E-state index contributed by atoms with van der Waals surface area (Å²) < 4.78 is 5.56. The Labute approximate surface area is 101 Å². The van der Waals surface area contributed by atoms with Gasteiger partial charge in [0.15, 0.2) is 0 Å². The molecule has 2 nitrogen and oxygen atoms in total. The van der Waals surface area contributed by atoms with E-state index in [1.54, 1.807) is 0 Å². The lowest BCUT2D eigenvalue weighted by atomic mass is 9.86. The Morgan fingerprint density at radius 2 is 2.06 bits per heavy atom. The Balaban J connectivity index is 2.34. The molecule has 0 spiro atoms. The van der Waals surface area contributed by atoms with Crippen molar-refractivity contribution in [1.82, 2.24) is 5.32 Å². The molecule has 1 N–H and O–H groups in total. The first kappa shape index (κ1) is 14.0. The number of hydrogen-bond acceptors (Lipinski definition) is 2. The minimum absolute atomic E-state index is 0.523. The summed E-state index contributed by atoms with van der Waals surface area (Å²) in [5, 5.41) is 3.80. The zero-order chi connectivity index (χ0) is 12.0. The summed E-state index contributed by atoms with van der Waals surface area (Å²) in [6.45, 7) is 10.7. The fourth-order valence-corrected chi connectivity index (χ4v) is 2.57. The van der Waals surface area contributed by atoms with Crippen molar-refractivity contribution in [3.8, 4) is 0 Å². The third-order valence-electron chi connectivity index (χ3n) is 3.69. The second kappa shape index (κ2) is 7.29. The Hall–Kier alpha value is -0.0800. The van der Waals surface area contributed by atoms with Crippen molar-refractivity contribution < 1.29 is 4.74 Å². The van der Waals surface area contributed by atoms with Crippen molar-refractivity contribution in [2.75, 3.05) is 13.2 Å². The molecular weight excluding hydrogens is 198 g/mol. The quantitative estimate of drug-likeness (QED) is 0.752. The molecule has 16 heavy (non-hydrogen) atoms. The van der Waals surface area contributed by atoms with Crippen LogP contribution in [0.3, 0.4) is 0 Å². The van der Waals surface area contributed by atoms with Gasteiger partial charge in [-0.15, -0.1) is 0 Å². The van der Waals surface area contributed by atoms with Crippen molar-refractivity contribution >= 4 is 0 Å². The zero-order valence-corrected chi connectivity index (χ0v) is 11.5. The smallest absolute Gasteiger partial charge is 0.0622 e. The SMILES string of the molecule is CCOCC(NC1CCCC(C)C1)C(C)C. The first-order chi connectivity index (χ1) is 7.63. The van der Waals surface area contributed by atoms with E-state index in [1.807, 2.05) is 0 Å². The molecule has 0 aromatic rings. The highest BCUT2D eigenvalue weighted by molar-refractivity contribution is 4.81. The van der Waals surface area contributed by atoms with E-state index >= 15 is 0 Å². The molecule has 0 bridgehead atoms. The van der Waals surface area contributed by atoms with E-state index in [0.29, 0.717) is 12.0 Å². The van der Waals surface area contributed by atoms with Crippen LogP contribution < -0.4 is 5.32 Å². The molecule has 0 aromatic heterocycles. The van der Waals surface area contributed by atoms with Crippen LogP contribution in [0.4, 0.5) is 0 Å². The van der Waals surface area contributed by atoms with Crippen LogP contribution in [0.1, 0.15) is 53.4 Å². The Morgan fingerprint density at radius 3 is 2.62 bits per heavy atom. The lowest BCUT2D eigenvalue weighted by Gasteiger charge is -2.33. The molecule has 3 atom stereocenters. The third-order valence-corrected chi connectivity index (χ3v) is 3.69. The van der Waals surface area contributed by atoms with E-state index < -0.39 is 0 Å². The highest BCUT2D eigenvalue weighted by atomic mass is 16.5. The van der Waals surface area contributed by atoms with Crippen LogP contribution in [0.2, 0.25) is 0 Å². The minimum Gasteiger partial charge on any atom is -0.380 e. The molecule has 3 unspecified atom stereocenters. The van der Waals surface area contributed by atoms with Gasteiger partial charge in [0.05, 0.1) is 6.61 Å².